The fourth-order valence-corrected chi connectivity index (χ4v) is 2.48. The average Bonchev–Trinajstić information content (AvgIpc) is 2.78. The average molecular weight is 256 g/mol. The number of carboxylic acid groups (broad SMARTS) is 1. The summed E-state index contributed by atoms with van der Waals surface area (Å²) in [6, 6.07) is 0. The van der Waals surface area contributed by atoms with Crippen LogP contribution in [0.1, 0.15) is 57.8 Å². The van der Waals surface area contributed by atoms with Gasteiger partial charge in [-0.3, -0.25) is 4.79 Å². The second-order valence-corrected chi connectivity index (χ2v) is 5.10. The minimum absolute atomic E-state index is 0.132. The predicted molar refractivity (Wildman–Crippen MR) is 69.1 cm³/mol. The molecule has 1 amide bonds. The molecule has 0 saturated heterocycles. The van der Waals surface area contributed by atoms with Crippen molar-refractivity contribution < 1.29 is 14.7 Å². The molecule has 5 heteroatoms. The molecule has 0 aromatic carbocycles. The van der Waals surface area contributed by atoms with Gasteiger partial charge in [-0.15, -0.1) is 0 Å². The van der Waals surface area contributed by atoms with Gasteiger partial charge in [0.25, 0.3) is 0 Å². The Balaban J connectivity index is 2.27. The van der Waals surface area contributed by atoms with Gasteiger partial charge in [-0.25, -0.2) is 4.79 Å². The largest absolute Gasteiger partial charge is 0.480 e. The fourth-order valence-electron chi connectivity index (χ4n) is 2.48. The lowest BCUT2D eigenvalue weighted by atomic mass is 9.97. The second kappa shape index (κ2) is 7.36. The van der Waals surface area contributed by atoms with Crippen molar-refractivity contribution in [3.63, 3.8) is 0 Å². The molecule has 0 spiro atoms. The van der Waals surface area contributed by atoms with Gasteiger partial charge in [-0.1, -0.05) is 25.7 Å². The highest BCUT2D eigenvalue weighted by molar-refractivity contribution is 5.87. The molecule has 1 fully saturated rings. The number of carbonyl (C=O) groups excluding carboxylic acids is 1. The molecule has 0 aromatic rings. The van der Waals surface area contributed by atoms with E-state index in [1.165, 1.54) is 0 Å². The van der Waals surface area contributed by atoms with Crippen LogP contribution in [-0.4, -0.2) is 29.1 Å². The van der Waals surface area contributed by atoms with Crippen LogP contribution in [0.5, 0.6) is 0 Å². The first-order valence-corrected chi connectivity index (χ1v) is 6.85. The molecule has 1 rings (SSSR count). The molecule has 0 radical (unpaired) electrons. The van der Waals surface area contributed by atoms with Crippen LogP contribution in [0.3, 0.4) is 0 Å². The van der Waals surface area contributed by atoms with Crippen molar-refractivity contribution >= 4 is 11.9 Å². The number of unbranched alkanes of at least 4 members (excludes halogenated alkanes) is 3. The Labute approximate surface area is 108 Å². The van der Waals surface area contributed by atoms with Crippen molar-refractivity contribution in [2.75, 3.05) is 6.54 Å². The van der Waals surface area contributed by atoms with Crippen molar-refractivity contribution in [1.82, 2.24) is 5.32 Å². The van der Waals surface area contributed by atoms with Gasteiger partial charge in [-0.2, -0.15) is 0 Å². The molecule has 0 bridgehead atoms. The summed E-state index contributed by atoms with van der Waals surface area (Å²) in [5, 5.41) is 11.9. The zero-order valence-electron chi connectivity index (χ0n) is 10.9. The normalized spacial score (nSPS) is 17.6. The van der Waals surface area contributed by atoms with Crippen LogP contribution in [0.2, 0.25) is 0 Å². The maximum Gasteiger partial charge on any atom is 0.329 e. The molecule has 0 aromatic heterocycles. The van der Waals surface area contributed by atoms with Crippen molar-refractivity contribution in [3.8, 4) is 0 Å². The number of hydrogen-bond acceptors (Lipinski definition) is 3. The van der Waals surface area contributed by atoms with Crippen LogP contribution in [0, 0.1) is 0 Å². The third kappa shape index (κ3) is 4.29. The highest BCUT2D eigenvalue weighted by Crippen LogP contribution is 2.30. The van der Waals surface area contributed by atoms with Gasteiger partial charge < -0.3 is 16.2 Å². The molecule has 0 unspecified atom stereocenters. The van der Waals surface area contributed by atoms with E-state index >= 15 is 0 Å². The van der Waals surface area contributed by atoms with Gasteiger partial charge in [0.1, 0.15) is 5.54 Å². The molecule has 1 aliphatic rings. The molecule has 1 saturated carbocycles. The predicted octanol–water partition coefficient (Wildman–Crippen LogP) is 1.41. The molecule has 104 valence electrons. The van der Waals surface area contributed by atoms with Crippen LogP contribution in [0.25, 0.3) is 0 Å². The van der Waals surface area contributed by atoms with Gasteiger partial charge in [0.15, 0.2) is 0 Å². The Bertz CT molecular complexity index is 286. The van der Waals surface area contributed by atoms with Crippen molar-refractivity contribution in [3.05, 3.63) is 0 Å². The Hall–Kier alpha value is -1.10. The molecule has 0 atom stereocenters. The topological polar surface area (TPSA) is 92.4 Å². The van der Waals surface area contributed by atoms with E-state index in [1.54, 1.807) is 0 Å². The third-order valence-electron chi connectivity index (χ3n) is 3.60. The number of carbonyl (C=O) groups is 2. The van der Waals surface area contributed by atoms with Gasteiger partial charge in [0, 0.05) is 6.42 Å². The summed E-state index contributed by atoms with van der Waals surface area (Å²) in [5.74, 6) is -1.02. The molecule has 18 heavy (non-hydrogen) atoms. The van der Waals surface area contributed by atoms with E-state index in [0.717, 1.165) is 38.5 Å². The van der Waals surface area contributed by atoms with Gasteiger partial charge in [0.2, 0.25) is 5.91 Å². The second-order valence-electron chi connectivity index (χ2n) is 5.10. The lowest BCUT2D eigenvalue weighted by Crippen LogP contribution is -2.52. The van der Waals surface area contributed by atoms with E-state index in [9.17, 15) is 14.7 Å². The molecule has 5 nitrogen and oxygen atoms in total. The Kier molecular flexibility index (Phi) is 6.12. The summed E-state index contributed by atoms with van der Waals surface area (Å²) < 4.78 is 0. The maximum absolute atomic E-state index is 11.7. The smallest absolute Gasteiger partial charge is 0.329 e. The van der Waals surface area contributed by atoms with E-state index in [2.05, 4.69) is 5.32 Å². The first-order valence-electron chi connectivity index (χ1n) is 6.85. The first-order chi connectivity index (χ1) is 8.60. The quantitative estimate of drug-likeness (QED) is 0.572. The number of amides is 1. The minimum atomic E-state index is -0.992. The summed E-state index contributed by atoms with van der Waals surface area (Å²) in [6.07, 6.45) is 7.09. The monoisotopic (exact) mass is 256 g/mol. The van der Waals surface area contributed by atoms with Crippen molar-refractivity contribution in [2.24, 2.45) is 5.73 Å². The molecular formula is C13H24N2O3. The van der Waals surface area contributed by atoms with Gasteiger partial charge >= 0.3 is 5.97 Å². The van der Waals surface area contributed by atoms with Crippen LogP contribution in [0.4, 0.5) is 0 Å². The first kappa shape index (κ1) is 15.0. The van der Waals surface area contributed by atoms with Crippen LogP contribution >= 0.6 is 0 Å². The fraction of sp³-hybridized carbons (Fsp3) is 0.846. The third-order valence-corrected chi connectivity index (χ3v) is 3.60. The van der Waals surface area contributed by atoms with E-state index < -0.39 is 11.5 Å². The summed E-state index contributed by atoms with van der Waals surface area (Å²) in [6.45, 7) is 0.689. The highest BCUT2D eigenvalue weighted by Gasteiger charge is 2.42. The number of nitrogens with one attached hydrogen (secondary N) is 1. The van der Waals surface area contributed by atoms with Crippen molar-refractivity contribution in [1.29, 1.82) is 0 Å². The Morgan fingerprint density at radius 1 is 1.11 bits per heavy atom. The number of aliphatic carboxylic acids is 1. The molecular weight excluding hydrogens is 232 g/mol. The Morgan fingerprint density at radius 3 is 2.28 bits per heavy atom. The molecule has 1 aliphatic carbocycles. The highest BCUT2D eigenvalue weighted by atomic mass is 16.4. The minimum Gasteiger partial charge on any atom is -0.480 e. The zero-order valence-corrected chi connectivity index (χ0v) is 10.9. The van der Waals surface area contributed by atoms with Crippen LogP contribution in [0.15, 0.2) is 0 Å². The van der Waals surface area contributed by atoms with E-state index in [4.69, 9.17) is 5.73 Å². The van der Waals surface area contributed by atoms with E-state index in [-0.39, 0.29) is 5.91 Å². The summed E-state index contributed by atoms with van der Waals surface area (Å²) >= 11 is 0. The Morgan fingerprint density at radius 2 is 1.72 bits per heavy atom. The standard InChI is InChI=1S/C13H24N2O3/c14-10-6-2-1-3-7-11(16)15-13(12(17)18)8-4-5-9-13/h1-10,14H2,(H,15,16)(H,17,18). The van der Waals surface area contributed by atoms with Crippen LogP contribution in [-0.2, 0) is 9.59 Å². The molecule has 0 aliphatic heterocycles. The summed E-state index contributed by atoms with van der Waals surface area (Å²) in [5.41, 5.74) is 4.39. The van der Waals surface area contributed by atoms with Crippen molar-refractivity contribution in [2.45, 2.75) is 63.3 Å². The SMILES string of the molecule is NCCCCCCC(=O)NC1(C(=O)O)CCCC1. The number of hydrogen-bond donors (Lipinski definition) is 3. The van der Waals surface area contributed by atoms with E-state index in [1.807, 2.05) is 0 Å². The summed E-state index contributed by atoms with van der Waals surface area (Å²) in [7, 11) is 0. The number of carboxylic acids is 1. The van der Waals surface area contributed by atoms with Gasteiger partial charge in [0.05, 0.1) is 0 Å². The lowest BCUT2D eigenvalue weighted by molar-refractivity contribution is -0.147. The molecule has 4 N–H and O–H groups in total. The lowest BCUT2D eigenvalue weighted by Gasteiger charge is -2.25. The number of nitrogens with two attached hydrogens (primary N) is 1. The van der Waals surface area contributed by atoms with Gasteiger partial charge in [-0.05, 0) is 32.2 Å². The zero-order chi connectivity index (χ0) is 13.4. The van der Waals surface area contributed by atoms with Crippen LogP contribution < -0.4 is 11.1 Å². The summed E-state index contributed by atoms with van der Waals surface area (Å²) in [4.78, 5) is 23.0. The van der Waals surface area contributed by atoms with E-state index in [0.29, 0.717) is 25.8 Å². The number of rotatable bonds is 8. The maximum atomic E-state index is 11.7. The molecule has 0 heterocycles.